The van der Waals surface area contributed by atoms with Crippen molar-refractivity contribution in [3.8, 4) is 0 Å². The lowest BCUT2D eigenvalue weighted by atomic mass is 10.2. The van der Waals surface area contributed by atoms with Crippen molar-refractivity contribution < 1.29 is 9.59 Å². The average Bonchev–Trinajstić information content (AvgIpc) is 2.56. The Kier molecular flexibility index (Phi) is 4.05. The second kappa shape index (κ2) is 5.55. The maximum absolute atomic E-state index is 12.3. The van der Waals surface area contributed by atoms with E-state index < -0.39 is 0 Å². The Hall–Kier alpha value is -1.31. The Morgan fingerprint density at radius 2 is 2.22 bits per heavy atom. The molecule has 1 aromatic rings. The summed E-state index contributed by atoms with van der Waals surface area (Å²) in [6.45, 7) is 1.35. The predicted octanol–water partition coefficient (Wildman–Crippen LogP) is 0.835. The van der Waals surface area contributed by atoms with Crippen molar-refractivity contribution in [2.45, 2.75) is 6.42 Å². The Labute approximate surface area is 119 Å². The number of nitrogens with two attached hydrogens (primary N) is 1. The zero-order valence-corrected chi connectivity index (χ0v) is 11.9. The van der Waals surface area contributed by atoms with Crippen molar-refractivity contribution in [3.05, 3.63) is 27.3 Å². The van der Waals surface area contributed by atoms with E-state index >= 15 is 0 Å². The molecule has 1 heterocycles. The van der Waals surface area contributed by atoms with E-state index in [9.17, 15) is 9.59 Å². The third-order valence-electron chi connectivity index (χ3n) is 2.80. The van der Waals surface area contributed by atoms with Gasteiger partial charge in [-0.2, -0.15) is 0 Å². The molecule has 1 aliphatic heterocycles. The SMILES string of the molecule is Nc1ccc(C(=O)N2CCCNC(=O)C2)cc1I. The van der Waals surface area contributed by atoms with Crippen LogP contribution in [0.15, 0.2) is 18.2 Å². The van der Waals surface area contributed by atoms with Gasteiger partial charge >= 0.3 is 0 Å². The van der Waals surface area contributed by atoms with Gasteiger partial charge in [0.25, 0.3) is 5.91 Å². The summed E-state index contributed by atoms with van der Waals surface area (Å²) in [6.07, 6.45) is 0.781. The molecule has 1 saturated heterocycles. The number of carbonyl (C=O) groups excluding carboxylic acids is 2. The van der Waals surface area contributed by atoms with Crippen molar-refractivity contribution >= 4 is 40.1 Å². The van der Waals surface area contributed by atoms with Gasteiger partial charge in [-0.25, -0.2) is 0 Å². The summed E-state index contributed by atoms with van der Waals surface area (Å²) in [5.41, 5.74) is 6.94. The van der Waals surface area contributed by atoms with Crippen LogP contribution >= 0.6 is 22.6 Å². The van der Waals surface area contributed by atoms with E-state index in [1.54, 1.807) is 23.1 Å². The predicted molar refractivity (Wildman–Crippen MR) is 77.1 cm³/mol. The molecule has 0 bridgehead atoms. The molecule has 2 rings (SSSR count). The zero-order chi connectivity index (χ0) is 13.1. The molecule has 1 fully saturated rings. The topological polar surface area (TPSA) is 75.4 Å². The number of rotatable bonds is 1. The summed E-state index contributed by atoms with van der Waals surface area (Å²) in [4.78, 5) is 25.3. The van der Waals surface area contributed by atoms with E-state index in [2.05, 4.69) is 27.9 Å². The Morgan fingerprint density at radius 3 is 2.94 bits per heavy atom. The van der Waals surface area contributed by atoms with Crippen molar-refractivity contribution in [1.29, 1.82) is 0 Å². The summed E-state index contributed by atoms with van der Waals surface area (Å²) in [6, 6.07) is 5.16. The summed E-state index contributed by atoms with van der Waals surface area (Å²) >= 11 is 2.09. The van der Waals surface area contributed by atoms with Crippen LogP contribution in [-0.4, -0.2) is 36.3 Å². The van der Waals surface area contributed by atoms with E-state index in [0.29, 0.717) is 24.3 Å². The van der Waals surface area contributed by atoms with Crippen LogP contribution in [0.25, 0.3) is 0 Å². The highest BCUT2D eigenvalue weighted by Gasteiger charge is 2.21. The molecule has 3 N–H and O–H groups in total. The molecule has 0 aliphatic carbocycles. The van der Waals surface area contributed by atoms with Gasteiger partial charge in [-0.1, -0.05) is 0 Å². The standard InChI is InChI=1S/C12H14IN3O2/c13-9-6-8(2-3-10(9)14)12(18)16-5-1-4-15-11(17)7-16/h2-3,6H,1,4-5,7,14H2,(H,15,17). The molecule has 0 spiro atoms. The zero-order valence-electron chi connectivity index (χ0n) is 9.78. The van der Waals surface area contributed by atoms with Gasteiger partial charge in [-0.3, -0.25) is 9.59 Å². The fraction of sp³-hybridized carbons (Fsp3) is 0.333. The molecule has 5 nitrogen and oxygen atoms in total. The highest BCUT2D eigenvalue weighted by molar-refractivity contribution is 14.1. The summed E-state index contributed by atoms with van der Waals surface area (Å²) in [5, 5.41) is 2.75. The van der Waals surface area contributed by atoms with Crippen LogP contribution in [0.5, 0.6) is 0 Å². The third kappa shape index (κ3) is 2.92. The molecule has 0 radical (unpaired) electrons. The number of nitrogen functional groups attached to an aromatic ring is 1. The Balaban J connectivity index is 2.19. The van der Waals surface area contributed by atoms with Gasteiger partial charge < -0.3 is 16.0 Å². The van der Waals surface area contributed by atoms with E-state index in [0.717, 1.165) is 9.99 Å². The first-order chi connectivity index (χ1) is 8.58. The molecule has 0 aromatic heterocycles. The van der Waals surface area contributed by atoms with E-state index in [4.69, 9.17) is 5.73 Å². The van der Waals surface area contributed by atoms with Crippen LogP contribution in [0, 0.1) is 3.57 Å². The number of amides is 2. The number of benzene rings is 1. The van der Waals surface area contributed by atoms with Gasteiger partial charge in [0.05, 0.1) is 6.54 Å². The quantitative estimate of drug-likeness (QED) is 0.576. The van der Waals surface area contributed by atoms with Crippen molar-refractivity contribution in [2.75, 3.05) is 25.4 Å². The third-order valence-corrected chi connectivity index (χ3v) is 3.73. The van der Waals surface area contributed by atoms with E-state index in [1.807, 2.05) is 0 Å². The monoisotopic (exact) mass is 359 g/mol. The molecular formula is C12H14IN3O2. The van der Waals surface area contributed by atoms with Gasteiger partial charge in [-0.15, -0.1) is 0 Å². The van der Waals surface area contributed by atoms with Gasteiger partial charge in [0.1, 0.15) is 0 Å². The molecule has 2 amide bonds. The normalized spacial score (nSPS) is 16.1. The number of halogens is 1. The van der Waals surface area contributed by atoms with Crippen molar-refractivity contribution in [2.24, 2.45) is 0 Å². The lowest BCUT2D eigenvalue weighted by molar-refractivity contribution is -0.121. The number of carbonyl (C=O) groups is 2. The molecule has 0 saturated carbocycles. The molecule has 1 aliphatic rings. The van der Waals surface area contributed by atoms with E-state index in [1.165, 1.54) is 0 Å². The van der Waals surface area contributed by atoms with Crippen LogP contribution in [0.3, 0.4) is 0 Å². The molecular weight excluding hydrogens is 345 g/mol. The minimum atomic E-state index is -0.120. The van der Waals surface area contributed by atoms with Gasteiger partial charge in [-0.05, 0) is 47.2 Å². The van der Waals surface area contributed by atoms with Gasteiger partial charge in [0.2, 0.25) is 5.91 Å². The minimum Gasteiger partial charge on any atom is -0.398 e. The Bertz CT molecular complexity index is 490. The second-order valence-corrected chi connectivity index (χ2v) is 5.33. The highest BCUT2D eigenvalue weighted by Crippen LogP contribution is 2.17. The fourth-order valence-electron chi connectivity index (χ4n) is 1.82. The lowest BCUT2D eigenvalue weighted by Gasteiger charge is -2.19. The molecule has 0 unspecified atom stereocenters. The number of hydrogen-bond acceptors (Lipinski definition) is 3. The number of nitrogens with one attached hydrogen (secondary N) is 1. The largest absolute Gasteiger partial charge is 0.398 e. The maximum Gasteiger partial charge on any atom is 0.254 e. The molecule has 1 aromatic carbocycles. The highest BCUT2D eigenvalue weighted by atomic mass is 127. The number of hydrogen-bond donors (Lipinski definition) is 2. The summed E-state index contributed by atoms with van der Waals surface area (Å²) in [7, 11) is 0. The summed E-state index contributed by atoms with van der Waals surface area (Å²) in [5.74, 6) is -0.226. The van der Waals surface area contributed by atoms with Gasteiger partial charge in [0, 0.05) is 27.9 Å². The molecule has 96 valence electrons. The minimum absolute atomic E-state index is 0.106. The first kappa shape index (κ1) is 13.1. The summed E-state index contributed by atoms with van der Waals surface area (Å²) < 4.78 is 0.845. The first-order valence-electron chi connectivity index (χ1n) is 5.69. The second-order valence-electron chi connectivity index (χ2n) is 4.17. The molecule has 0 atom stereocenters. The van der Waals surface area contributed by atoms with Gasteiger partial charge in [0.15, 0.2) is 0 Å². The smallest absolute Gasteiger partial charge is 0.254 e. The van der Waals surface area contributed by atoms with Crippen molar-refractivity contribution in [3.63, 3.8) is 0 Å². The average molecular weight is 359 g/mol. The molecule has 18 heavy (non-hydrogen) atoms. The van der Waals surface area contributed by atoms with Crippen LogP contribution in [0.4, 0.5) is 5.69 Å². The Morgan fingerprint density at radius 1 is 1.44 bits per heavy atom. The number of nitrogens with zero attached hydrogens (tertiary/aromatic N) is 1. The first-order valence-corrected chi connectivity index (χ1v) is 6.77. The van der Waals surface area contributed by atoms with Crippen molar-refractivity contribution in [1.82, 2.24) is 10.2 Å². The van der Waals surface area contributed by atoms with Crippen LogP contribution < -0.4 is 11.1 Å². The lowest BCUT2D eigenvalue weighted by Crippen LogP contribution is -2.37. The molecule has 6 heteroatoms. The maximum atomic E-state index is 12.3. The van der Waals surface area contributed by atoms with Crippen LogP contribution in [0.2, 0.25) is 0 Å². The van der Waals surface area contributed by atoms with E-state index in [-0.39, 0.29) is 18.4 Å². The fourth-order valence-corrected chi connectivity index (χ4v) is 2.34. The number of anilines is 1. The van der Waals surface area contributed by atoms with Crippen LogP contribution in [0.1, 0.15) is 16.8 Å². The van der Waals surface area contributed by atoms with Crippen LogP contribution in [-0.2, 0) is 4.79 Å².